The minimum Gasteiger partial charge on any atom is -0.249 e. The fourth-order valence-electron chi connectivity index (χ4n) is 1.16. The molecule has 2 rings (SSSR count). The molecule has 1 aromatic heterocycles. The summed E-state index contributed by atoms with van der Waals surface area (Å²) in [6, 6.07) is 8.12. The lowest BCUT2D eigenvalue weighted by molar-refractivity contribution is 1.09. The fraction of sp³-hybridized carbons (Fsp3) is 0.100. The van der Waals surface area contributed by atoms with Crippen molar-refractivity contribution >= 4 is 24.0 Å². The Morgan fingerprint density at radius 3 is 2.85 bits per heavy atom. The molecule has 2 aromatic rings. The van der Waals surface area contributed by atoms with Crippen LogP contribution in [0.2, 0.25) is 0 Å². The Kier molecular flexibility index (Phi) is 2.66. The molecule has 0 bridgehead atoms. The molecule has 0 N–H and O–H groups in total. The number of thiol groups is 1. The Morgan fingerprint density at radius 1 is 1.31 bits per heavy atom. The first-order chi connectivity index (χ1) is 6.36. The van der Waals surface area contributed by atoms with Crippen molar-refractivity contribution in [1.82, 2.24) is 4.98 Å². The normalized spacial score (nSPS) is 10.2. The van der Waals surface area contributed by atoms with Gasteiger partial charge in [0.1, 0.15) is 0 Å². The summed E-state index contributed by atoms with van der Waals surface area (Å²) in [6.45, 7) is 0. The molecule has 0 aliphatic heterocycles. The third kappa shape index (κ3) is 2.11. The van der Waals surface area contributed by atoms with Crippen LogP contribution >= 0.6 is 24.0 Å². The van der Waals surface area contributed by atoms with E-state index in [4.69, 9.17) is 0 Å². The monoisotopic (exact) mass is 207 g/mol. The fourth-order valence-corrected chi connectivity index (χ4v) is 2.04. The number of aromatic nitrogens is 1. The van der Waals surface area contributed by atoms with E-state index in [9.17, 15) is 0 Å². The summed E-state index contributed by atoms with van der Waals surface area (Å²) < 4.78 is 0. The van der Waals surface area contributed by atoms with Crippen molar-refractivity contribution in [2.24, 2.45) is 0 Å². The SMILES string of the molecule is Sc1ccccc1Cc1nccs1. The zero-order chi connectivity index (χ0) is 9.10. The van der Waals surface area contributed by atoms with Crippen LogP contribution in [0.3, 0.4) is 0 Å². The van der Waals surface area contributed by atoms with Crippen molar-refractivity contribution in [3.63, 3.8) is 0 Å². The number of hydrogen-bond acceptors (Lipinski definition) is 3. The number of nitrogens with zero attached hydrogens (tertiary/aromatic N) is 1. The molecule has 1 aromatic carbocycles. The van der Waals surface area contributed by atoms with Gasteiger partial charge in [0.15, 0.2) is 0 Å². The first kappa shape index (κ1) is 8.78. The second kappa shape index (κ2) is 3.94. The Hall–Kier alpha value is -0.800. The largest absolute Gasteiger partial charge is 0.249 e. The summed E-state index contributed by atoms with van der Waals surface area (Å²) in [5, 5.41) is 3.14. The molecule has 13 heavy (non-hydrogen) atoms. The van der Waals surface area contributed by atoms with Crippen LogP contribution in [0.15, 0.2) is 40.7 Å². The third-order valence-electron chi connectivity index (χ3n) is 1.82. The van der Waals surface area contributed by atoms with Gasteiger partial charge in [-0.25, -0.2) is 4.98 Å². The van der Waals surface area contributed by atoms with Gasteiger partial charge in [-0.15, -0.1) is 24.0 Å². The molecule has 0 radical (unpaired) electrons. The van der Waals surface area contributed by atoms with Crippen LogP contribution in [0, 0.1) is 0 Å². The van der Waals surface area contributed by atoms with E-state index in [1.54, 1.807) is 11.3 Å². The maximum atomic E-state index is 4.39. The molecule has 0 aliphatic carbocycles. The Morgan fingerprint density at radius 2 is 2.15 bits per heavy atom. The third-order valence-corrected chi connectivity index (χ3v) is 3.03. The maximum absolute atomic E-state index is 4.39. The first-order valence-electron chi connectivity index (χ1n) is 4.01. The van der Waals surface area contributed by atoms with Crippen LogP contribution in [0.1, 0.15) is 10.6 Å². The van der Waals surface area contributed by atoms with E-state index in [1.165, 1.54) is 5.56 Å². The molecule has 1 heterocycles. The minimum atomic E-state index is 0.886. The highest BCUT2D eigenvalue weighted by atomic mass is 32.1. The molecule has 0 fully saturated rings. The lowest BCUT2D eigenvalue weighted by Crippen LogP contribution is -1.87. The summed E-state index contributed by atoms with van der Waals surface area (Å²) >= 11 is 6.07. The van der Waals surface area contributed by atoms with E-state index < -0.39 is 0 Å². The molecule has 0 saturated carbocycles. The van der Waals surface area contributed by atoms with Gasteiger partial charge in [-0.2, -0.15) is 0 Å². The summed E-state index contributed by atoms with van der Waals surface area (Å²) in [4.78, 5) is 5.28. The molecule has 66 valence electrons. The molecule has 1 nitrogen and oxygen atoms in total. The quantitative estimate of drug-likeness (QED) is 0.747. The number of benzene rings is 1. The van der Waals surface area contributed by atoms with Crippen LogP contribution in [-0.2, 0) is 6.42 Å². The maximum Gasteiger partial charge on any atom is 0.0969 e. The molecular formula is C10H9NS2. The van der Waals surface area contributed by atoms with Crippen LogP contribution in [0.5, 0.6) is 0 Å². The molecule has 0 amide bonds. The Bertz CT molecular complexity index is 382. The van der Waals surface area contributed by atoms with E-state index in [1.807, 2.05) is 29.8 Å². The van der Waals surface area contributed by atoms with Crippen LogP contribution in [-0.4, -0.2) is 4.98 Å². The standard InChI is InChI=1S/C10H9NS2/c12-9-4-2-1-3-8(9)7-10-11-5-6-13-10/h1-6,12H,7H2. The van der Waals surface area contributed by atoms with Gasteiger partial charge in [0.05, 0.1) is 5.01 Å². The highest BCUT2D eigenvalue weighted by Gasteiger charge is 2.00. The summed E-state index contributed by atoms with van der Waals surface area (Å²) in [5.41, 5.74) is 1.24. The van der Waals surface area contributed by atoms with E-state index in [0.29, 0.717) is 0 Å². The molecule has 0 unspecified atom stereocenters. The van der Waals surface area contributed by atoms with Gasteiger partial charge in [0.25, 0.3) is 0 Å². The van der Waals surface area contributed by atoms with Crippen molar-refractivity contribution in [1.29, 1.82) is 0 Å². The van der Waals surface area contributed by atoms with Crippen molar-refractivity contribution in [3.8, 4) is 0 Å². The first-order valence-corrected chi connectivity index (χ1v) is 5.34. The topological polar surface area (TPSA) is 12.9 Å². The van der Waals surface area contributed by atoms with Gasteiger partial charge in [0.2, 0.25) is 0 Å². The van der Waals surface area contributed by atoms with Gasteiger partial charge in [-0.05, 0) is 11.6 Å². The lowest BCUT2D eigenvalue weighted by Gasteiger charge is -2.00. The average molecular weight is 207 g/mol. The minimum absolute atomic E-state index is 0.886. The zero-order valence-electron chi connectivity index (χ0n) is 6.97. The van der Waals surface area contributed by atoms with Crippen molar-refractivity contribution in [3.05, 3.63) is 46.4 Å². The van der Waals surface area contributed by atoms with Crippen molar-refractivity contribution in [2.45, 2.75) is 11.3 Å². The highest BCUT2D eigenvalue weighted by Crippen LogP contribution is 2.18. The van der Waals surface area contributed by atoms with Crippen LogP contribution in [0.4, 0.5) is 0 Å². The molecule has 3 heteroatoms. The van der Waals surface area contributed by atoms with Gasteiger partial charge >= 0.3 is 0 Å². The highest BCUT2D eigenvalue weighted by molar-refractivity contribution is 7.80. The van der Waals surface area contributed by atoms with Crippen LogP contribution < -0.4 is 0 Å². The van der Waals surface area contributed by atoms with Crippen LogP contribution in [0.25, 0.3) is 0 Å². The van der Waals surface area contributed by atoms with E-state index in [0.717, 1.165) is 16.3 Å². The molecule has 0 saturated heterocycles. The molecule has 0 spiro atoms. The summed E-state index contributed by atoms with van der Waals surface area (Å²) in [6.07, 6.45) is 2.72. The van der Waals surface area contributed by atoms with Gasteiger partial charge < -0.3 is 0 Å². The number of thiazole rings is 1. The summed E-state index contributed by atoms with van der Waals surface area (Å²) in [7, 11) is 0. The second-order valence-corrected chi connectivity index (χ2v) is 4.19. The predicted octanol–water partition coefficient (Wildman–Crippen LogP) is 3.02. The molecule has 0 atom stereocenters. The van der Waals surface area contributed by atoms with Gasteiger partial charge in [0, 0.05) is 22.9 Å². The number of rotatable bonds is 2. The summed E-state index contributed by atoms with van der Waals surface area (Å²) in [5.74, 6) is 0. The number of hydrogen-bond donors (Lipinski definition) is 1. The van der Waals surface area contributed by atoms with Crippen molar-refractivity contribution < 1.29 is 0 Å². The predicted molar refractivity (Wildman–Crippen MR) is 58.6 cm³/mol. The Balaban J connectivity index is 2.24. The van der Waals surface area contributed by atoms with Gasteiger partial charge in [-0.3, -0.25) is 0 Å². The van der Waals surface area contributed by atoms with E-state index in [2.05, 4.69) is 23.7 Å². The van der Waals surface area contributed by atoms with E-state index in [-0.39, 0.29) is 0 Å². The second-order valence-electron chi connectivity index (χ2n) is 2.73. The lowest BCUT2D eigenvalue weighted by atomic mass is 10.2. The zero-order valence-corrected chi connectivity index (χ0v) is 8.68. The molecular weight excluding hydrogens is 198 g/mol. The van der Waals surface area contributed by atoms with Crippen molar-refractivity contribution in [2.75, 3.05) is 0 Å². The van der Waals surface area contributed by atoms with E-state index >= 15 is 0 Å². The Labute approximate surface area is 86.9 Å². The smallest absolute Gasteiger partial charge is 0.0969 e. The molecule has 0 aliphatic rings. The average Bonchev–Trinajstić information content (AvgIpc) is 2.61. The van der Waals surface area contributed by atoms with Gasteiger partial charge in [-0.1, -0.05) is 18.2 Å².